The van der Waals surface area contributed by atoms with E-state index in [1.807, 2.05) is 0 Å². The van der Waals surface area contributed by atoms with Crippen LogP contribution in [0.25, 0.3) is 33.6 Å². The third-order valence-corrected chi connectivity index (χ3v) is 7.65. The summed E-state index contributed by atoms with van der Waals surface area (Å²) in [6, 6.07) is 29.1. The van der Waals surface area contributed by atoms with Gasteiger partial charge in [0, 0.05) is 40.8 Å². The second kappa shape index (κ2) is 11.7. The summed E-state index contributed by atoms with van der Waals surface area (Å²) in [6.45, 7) is 1.27. The van der Waals surface area contributed by atoms with Gasteiger partial charge >= 0.3 is 7.25 Å². The number of aryl methyl sites for hydroxylation is 2. The maximum absolute atomic E-state index is 9.75. The summed E-state index contributed by atoms with van der Waals surface area (Å²) in [4.78, 5) is 0. The van der Waals surface area contributed by atoms with Gasteiger partial charge in [-0.2, -0.15) is 4.57 Å². The van der Waals surface area contributed by atoms with Crippen LogP contribution in [0, 0.1) is 0 Å². The lowest BCUT2D eigenvalue weighted by molar-refractivity contribution is -0.676. The van der Waals surface area contributed by atoms with Crippen LogP contribution in [0.1, 0.15) is 41.5 Å². The van der Waals surface area contributed by atoms with Gasteiger partial charge in [0.25, 0.3) is 0 Å². The van der Waals surface area contributed by atoms with Gasteiger partial charge in [0.15, 0.2) is 0 Å². The van der Waals surface area contributed by atoms with Crippen molar-refractivity contribution in [2.45, 2.75) is 51.5 Å². The summed E-state index contributed by atoms with van der Waals surface area (Å²) in [7, 11) is -6.00. The largest absolute Gasteiger partial charge is 0.673 e. The van der Waals surface area contributed by atoms with E-state index in [1.165, 1.54) is 55.9 Å². The Morgan fingerprint density at radius 2 is 1.10 bits per heavy atom. The molecular formula is C32H32BF4NO. The summed E-state index contributed by atoms with van der Waals surface area (Å²) in [6.07, 6.45) is 7.38. The summed E-state index contributed by atoms with van der Waals surface area (Å²) < 4.78 is 41.7. The zero-order valence-corrected chi connectivity index (χ0v) is 21.9. The van der Waals surface area contributed by atoms with Crippen molar-refractivity contribution >= 4 is 7.25 Å². The Bertz CT molecular complexity index is 1370. The topological polar surface area (TPSA) is 24.1 Å². The maximum atomic E-state index is 9.75. The minimum atomic E-state index is -6.00. The van der Waals surface area contributed by atoms with Crippen LogP contribution in [-0.4, -0.2) is 19.0 Å². The molecule has 2 nitrogen and oxygen atoms in total. The van der Waals surface area contributed by atoms with Gasteiger partial charge in [-0.15, -0.1) is 0 Å². The van der Waals surface area contributed by atoms with Crippen molar-refractivity contribution in [1.29, 1.82) is 0 Å². The van der Waals surface area contributed by atoms with Crippen LogP contribution < -0.4 is 4.57 Å². The Hall–Kier alpha value is -3.45. The highest BCUT2D eigenvalue weighted by atomic mass is 19.5. The molecule has 4 aromatic rings. The number of halogens is 4. The molecule has 2 aliphatic rings. The normalized spacial score (nSPS) is 13.4. The fourth-order valence-electron chi connectivity index (χ4n) is 6.15. The Morgan fingerprint density at radius 1 is 0.615 bits per heavy atom. The van der Waals surface area contributed by atoms with Gasteiger partial charge in [-0.1, -0.05) is 66.7 Å². The molecular weight excluding hydrogens is 501 g/mol. The number of hydrogen-bond acceptors (Lipinski definition) is 1. The van der Waals surface area contributed by atoms with E-state index in [4.69, 9.17) is 0 Å². The molecule has 0 unspecified atom stereocenters. The van der Waals surface area contributed by atoms with Crippen LogP contribution in [0.2, 0.25) is 0 Å². The van der Waals surface area contributed by atoms with Crippen LogP contribution in [0.4, 0.5) is 17.3 Å². The highest BCUT2D eigenvalue weighted by molar-refractivity contribution is 6.50. The number of benzene rings is 3. The van der Waals surface area contributed by atoms with Crippen molar-refractivity contribution < 1.29 is 26.9 Å². The lowest BCUT2D eigenvalue weighted by Crippen LogP contribution is -2.43. The van der Waals surface area contributed by atoms with Gasteiger partial charge in [0.1, 0.15) is 6.54 Å². The van der Waals surface area contributed by atoms with Gasteiger partial charge < -0.3 is 22.4 Å². The number of aliphatic hydroxyl groups is 1. The van der Waals surface area contributed by atoms with Crippen molar-refractivity contribution in [3.63, 3.8) is 0 Å². The minimum absolute atomic E-state index is 0.277. The van der Waals surface area contributed by atoms with Crippen molar-refractivity contribution in [3.8, 4) is 33.6 Å². The average Bonchev–Trinajstić information content (AvgIpc) is 2.94. The van der Waals surface area contributed by atoms with E-state index in [0.717, 1.165) is 51.5 Å². The molecule has 0 saturated carbocycles. The van der Waals surface area contributed by atoms with Gasteiger partial charge in [0.2, 0.25) is 11.4 Å². The molecule has 1 aromatic heterocycles. The fraction of sp³-hybridized carbons (Fsp3) is 0.281. The van der Waals surface area contributed by atoms with Crippen molar-refractivity contribution in [2.24, 2.45) is 0 Å². The molecule has 0 fully saturated rings. The quantitative estimate of drug-likeness (QED) is 0.117. The molecule has 3 aromatic carbocycles. The predicted molar refractivity (Wildman–Crippen MR) is 149 cm³/mol. The Balaban J connectivity index is 0.000000567. The number of aromatic nitrogens is 1. The van der Waals surface area contributed by atoms with Crippen LogP contribution in [0.5, 0.6) is 0 Å². The SMILES string of the molecule is F[B-](F)(F)F.OCCCCC[n+]1c2c(c(-c3ccccc3)c3c1-c1ccccc1CC3)CCc1ccccc1-2. The standard InChI is InChI=1S/C32H32NO.BF4/c34-22-10-2-9-21-33-31-26-15-7-5-11-23(26)17-19-28(31)30(25-13-3-1-4-14-25)29-20-18-24-12-6-8-16-27(24)32(29)33;2-1(3,4)5/h1,3-8,11-16,34H,2,9-10,17-22H2;/q+1;-1. The summed E-state index contributed by atoms with van der Waals surface area (Å²) in [5.74, 6) is 0. The third-order valence-electron chi connectivity index (χ3n) is 7.65. The number of nitrogens with zero attached hydrogens (tertiary/aromatic N) is 1. The van der Waals surface area contributed by atoms with Crippen LogP contribution in [0.15, 0.2) is 78.9 Å². The number of rotatable bonds is 6. The van der Waals surface area contributed by atoms with Gasteiger partial charge in [0.05, 0.1) is 0 Å². The summed E-state index contributed by atoms with van der Waals surface area (Å²) in [5, 5.41) is 9.36. The molecule has 0 aliphatic heterocycles. The molecule has 0 amide bonds. The molecule has 0 saturated heterocycles. The lowest BCUT2D eigenvalue weighted by Gasteiger charge is -2.28. The molecule has 202 valence electrons. The fourth-order valence-corrected chi connectivity index (χ4v) is 6.15. The molecule has 7 heteroatoms. The van der Waals surface area contributed by atoms with E-state index in [2.05, 4.69) is 83.4 Å². The molecule has 0 radical (unpaired) electrons. The predicted octanol–water partition coefficient (Wildman–Crippen LogP) is 7.63. The smallest absolute Gasteiger partial charge is 0.418 e. The first-order chi connectivity index (χ1) is 18.9. The highest BCUT2D eigenvalue weighted by Crippen LogP contribution is 2.44. The Kier molecular flexibility index (Phi) is 8.17. The summed E-state index contributed by atoms with van der Waals surface area (Å²) >= 11 is 0. The van der Waals surface area contributed by atoms with E-state index in [9.17, 15) is 22.4 Å². The van der Waals surface area contributed by atoms with E-state index in [-0.39, 0.29) is 6.61 Å². The third kappa shape index (κ3) is 5.93. The van der Waals surface area contributed by atoms with Gasteiger partial charge in [-0.25, -0.2) is 0 Å². The van der Waals surface area contributed by atoms with Gasteiger partial charge in [-0.05, 0) is 67.3 Å². The molecule has 1 N–H and O–H groups in total. The molecule has 6 rings (SSSR count). The van der Waals surface area contributed by atoms with E-state index >= 15 is 0 Å². The van der Waals surface area contributed by atoms with Crippen molar-refractivity contribution in [1.82, 2.24) is 0 Å². The Morgan fingerprint density at radius 3 is 1.62 bits per heavy atom. The average molecular weight is 533 g/mol. The zero-order valence-electron chi connectivity index (χ0n) is 21.9. The first-order valence-corrected chi connectivity index (χ1v) is 13.7. The van der Waals surface area contributed by atoms with Crippen LogP contribution in [-0.2, 0) is 32.2 Å². The monoisotopic (exact) mass is 533 g/mol. The van der Waals surface area contributed by atoms with E-state index in [1.54, 1.807) is 0 Å². The van der Waals surface area contributed by atoms with Crippen LogP contribution >= 0.6 is 0 Å². The number of aliphatic hydroxyl groups excluding tert-OH is 1. The Labute approximate surface area is 227 Å². The lowest BCUT2D eigenvalue weighted by atomic mass is 9.77. The first kappa shape index (κ1) is 27.1. The molecule has 0 bridgehead atoms. The highest BCUT2D eigenvalue weighted by Gasteiger charge is 2.37. The van der Waals surface area contributed by atoms with Crippen LogP contribution in [0.3, 0.4) is 0 Å². The number of fused-ring (bicyclic) bond motifs is 6. The zero-order chi connectivity index (χ0) is 27.4. The van der Waals surface area contributed by atoms with Gasteiger partial charge in [-0.3, -0.25) is 0 Å². The van der Waals surface area contributed by atoms with Crippen molar-refractivity contribution in [3.05, 3.63) is 101 Å². The molecule has 0 spiro atoms. The second-order valence-corrected chi connectivity index (χ2v) is 10.1. The maximum Gasteiger partial charge on any atom is 0.673 e. The number of hydrogen-bond donors (Lipinski definition) is 1. The molecule has 2 aliphatic carbocycles. The number of unbranched alkanes of at least 4 members (excludes halogenated alkanes) is 2. The van der Waals surface area contributed by atoms with E-state index < -0.39 is 7.25 Å². The summed E-state index contributed by atoms with van der Waals surface area (Å²) in [5.41, 5.74) is 14.4. The first-order valence-electron chi connectivity index (χ1n) is 13.7. The molecule has 39 heavy (non-hydrogen) atoms. The van der Waals surface area contributed by atoms with Crippen molar-refractivity contribution in [2.75, 3.05) is 6.61 Å². The van der Waals surface area contributed by atoms with E-state index in [0.29, 0.717) is 0 Å². The second-order valence-electron chi connectivity index (χ2n) is 10.1. The number of pyridine rings is 1. The minimum Gasteiger partial charge on any atom is -0.418 e. The molecule has 1 heterocycles. The molecule has 0 atom stereocenters.